The predicted octanol–water partition coefficient (Wildman–Crippen LogP) is 3.49. The van der Waals surface area contributed by atoms with E-state index in [1.165, 1.54) is 16.7 Å². The smallest absolute Gasteiger partial charge is 0.123 e. The van der Waals surface area contributed by atoms with Crippen LogP contribution in [0.4, 0.5) is 0 Å². The largest absolute Gasteiger partial charge is 0.303 e. The molecule has 1 atom stereocenters. The Balaban J connectivity index is 3.01. The van der Waals surface area contributed by atoms with E-state index in [1.54, 1.807) is 0 Å². The number of carbonyl (C=O) groups excluding carboxylic acids is 1. The van der Waals surface area contributed by atoms with E-state index in [1.807, 2.05) is 26.0 Å². The van der Waals surface area contributed by atoms with Crippen LogP contribution in [0, 0.1) is 5.92 Å². The van der Waals surface area contributed by atoms with Crippen LogP contribution in [0.5, 0.6) is 0 Å². The van der Waals surface area contributed by atoms with E-state index in [2.05, 4.69) is 25.1 Å². The van der Waals surface area contributed by atoms with E-state index >= 15 is 0 Å². The van der Waals surface area contributed by atoms with Gasteiger partial charge in [-0.2, -0.15) is 0 Å². The summed E-state index contributed by atoms with van der Waals surface area (Å²) in [6, 6.07) is 8.28. The van der Waals surface area contributed by atoms with Crippen molar-refractivity contribution in [1.29, 1.82) is 0 Å². The summed E-state index contributed by atoms with van der Waals surface area (Å²) in [5.74, 6) is 0.0933. The Labute approximate surface area is 91.8 Å². The molecule has 0 amide bonds. The van der Waals surface area contributed by atoms with Crippen LogP contribution in [0.2, 0.25) is 0 Å². The minimum absolute atomic E-state index is 0.0933. The summed E-state index contributed by atoms with van der Waals surface area (Å²) in [4.78, 5) is 10.6. The maximum atomic E-state index is 10.6. The quantitative estimate of drug-likeness (QED) is 0.683. The Hall–Kier alpha value is -1.37. The lowest BCUT2D eigenvalue weighted by Crippen LogP contribution is -2.02. The Bertz CT molecular complexity index is 363. The van der Waals surface area contributed by atoms with Crippen LogP contribution in [0.1, 0.15) is 31.9 Å². The average Bonchev–Trinajstić information content (AvgIpc) is 2.28. The van der Waals surface area contributed by atoms with Crippen molar-refractivity contribution in [1.82, 2.24) is 0 Å². The Kier molecular flexibility index (Phi) is 4.29. The molecule has 0 bridgehead atoms. The van der Waals surface area contributed by atoms with Gasteiger partial charge in [0.1, 0.15) is 6.29 Å². The molecule has 0 radical (unpaired) electrons. The van der Waals surface area contributed by atoms with Gasteiger partial charge in [-0.3, -0.25) is 0 Å². The molecule has 1 aromatic carbocycles. The highest BCUT2D eigenvalue weighted by Gasteiger charge is 2.06. The van der Waals surface area contributed by atoms with Crippen LogP contribution in [0.15, 0.2) is 30.3 Å². The van der Waals surface area contributed by atoms with E-state index in [-0.39, 0.29) is 5.92 Å². The third-order valence-electron chi connectivity index (χ3n) is 2.65. The van der Waals surface area contributed by atoms with Gasteiger partial charge in [0.25, 0.3) is 0 Å². The Morgan fingerprint density at radius 1 is 1.40 bits per heavy atom. The monoisotopic (exact) mass is 202 g/mol. The minimum atomic E-state index is 0.0933. The lowest BCUT2D eigenvalue weighted by molar-refractivity contribution is -0.110. The number of allylic oxidation sites excluding steroid dienone is 2. The fourth-order valence-corrected chi connectivity index (χ4v) is 1.63. The van der Waals surface area contributed by atoms with Gasteiger partial charge in [0.05, 0.1) is 0 Å². The second kappa shape index (κ2) is 5.50. The van der Waals surface area contributed by atoms with Crippen molar-refractivity contribution in [3.8, 4) is 0 Å². The van der Waals surface area contributed by atoms with E-state index in [0.29, 0.717) is 0 Å². The predicted molar refractivity (Wildman–Crippen MR) is 64.7 cm³/mol. The summed E-state index contributed by atoms with van der Waals surface area (Å²) < 4.78 is 0. The Morgan fingerprint density at radius 3 is 2.67 bits per heavy atom. The molecule has 0 saturated carbocycles. The molecule has 0 N–H and O–H groups in total. The van der Waals surface area contributed by atoms with Crippen molar-refractivity contribution in [2.75, 3.05) is 0 Å². The summed E-state index contributed by atoms with van der Waals surface area (Å²) in [6.07, 6.45) is 3.94. The molecular formula is C14H18O. The van der Waals surface area contributed by atoms with E-state index in [4.69, 9.17) is 0 Å². The molecule has 80 valence electrons. The first kappa shape index (κ1) is 11.7. The topological polar surface area (TPSA) is 17.1 Å². The summed E-state index contributed by atoms with van der Waals surface area (Å²) >= 11 is 0. The molecule has 0 aliphatic carbocycles. The molecule has 15 heavy (non-hydrogen) atoms. The Morgan fingerprint density at radius 2 is 2.07 bits per heavy atom. The third kappa shape index (κ3) is 3.05. The van der Waals surface area contributed by atoms with Gasteiger partial charge in [0.15, 0.2) is 0 Å². The second-order valence-corrected chi connectivity index (χ2v) is 3.95. The normalized spacial score (nSPS) is 13.7. The van der Waals surface area contributed by atoms with Crippen LogP contribution in [0.25, 0.3) is 5.57 Å². The molecule has 1 nitrogen and oxygen atoms in total. The number of hydrogen-bond donors (Lipinski definition) is 0. The molecule has 0 aliphatic rings. The lowest BCUT2D eigenvalue weighted by atomic mass is 9.94. The van der Waals surface area contributed by atoms with Gasteiger partial charge in [-0.1, -0.05) is 37.3 Å². The molecule has 1 rings (SSSR count). The molecule has 1 unspecified atom stereocenters. The van der Waals surface area contributed by atoms with Gasteiger partial charge in [-0.05, 0) is 37.0 Å². The zero-order valence-electron chi connectivity index (χ0n) is 9.66. The van der Waals surface area contributed by atoms with Crippen molar-refractivity contribution in [2.45, 2.75) is 27.2 Å². The molecular weight excluding hydrogens is 184 g/mol. The number of rotatable bonds is 4. The summed E-state index contributed by atoms with van der Waals surface area (Å²) in [7, 11) is 0. The molecule has 1 aromatic rings. The van der Waals surface area contributed by atoms with E-state index < -0.39 is 0 Å². The number of aldehydes is 1. The molecule has 0 heterocycles. The van der Waals surface area contributed by atoms with E-state index in [9.17, 15) is 4.79 Å². The van der Waals surface area contributed by atoms with Gasteiger partial charge in [0.2, 0.25) is 0 Å². The highest BCUT2D eigenvalue weighted by atomic mass is 16.1. The maximum Gasteiger partial charge on any atom is 0.123 e. The lowest BCUT2D eigenvalue weighted by Gasteiger charge is -2.11. The first-order valence-corrected chi connectivity index (χ1v) is 5.35. The standard InChI is InChI=1S/C14H18O/c1-4-12(3)14-8-6-5-7-13(14)9-11(2)10-15/h4-8,10-11H,9H2,1-3H3. The SMILES string of the molecule is CC=C(C)c1ccccc1CC(C)C=O. The molecule has 1 heteroatoms. The zero-order valence-corrected chi connectivity index (χ0v) is 9.66. The molecule has 0 aromatic heterocycles. The third-order valence-corrected chi connectivity index (χ3v) is 2.65. The maximum absolute atomic E-state index is 10.6. The fourth-order valence-electron chi connectivity index (χ4n) is 1.63. The van der Waals surface area contributed by atoms with Crippen LogP contribution < -0.4 is 0 Å². The van der Waals surface area contributed by atoms with Crippen LogP contribution in [0.3, 0.4) is 0 Å². The molecule has 0 fully saturated rings. The van der Waals surface area contributed by atoms with Crippen molar-refractivity contribution in [3.63, 3.8) is 0 Å². The van der Waals surface area contributed by atoms with E-state index in [0.717, 1.165) is 12.7 Å². The van der Waals surface area contributed by atoms with Crippen LogP contribution in [-0.4, -0.2) is 6.29 Å². The summed E-state index contributed by atoms with van der Waals surface area (Å²) in [6.45, 7) is 6.09. The van der Waals surface area contributed by atoms with Crippen molar-refractivity contribution in [2.24, 2.45) is 5.92 Å². The van der Waals surface area contributed by atoms with Gasteiger partial charge in [0, 0.05) is 5.92 Å². The van der Waals surface area contributed by atoms with Crippen LogP contribution >= 0.6 is 0 Å². The van der Waals surface area contributed by atoms with Crippen LogP contribution in [-0.2, 0) is 11.2 Å². The minimum Gasteiger partial charge on any atom is -0.303 e. The molecule has 0 saturated heterocycles. The highest BCUT2D eigenvalue weighted by Crippen LogP contribution is 2.20. The molecule has 0 aliphatic heterocycles. The van der Waals surface area contributed by atoms with Crippen molar-refractivity contribution in [3.05, 3.63) is 41.5 Å². The van der Waals surface area contributed by atoms with Crippen molar-refractivity contribution < 1.29 is 4.79 Å². The number of carbonyl (C=O) groups is 1. The fraction of sp³-hybridized carbons (Fsp3) is 0.357. The zero-order chi connectivity index (χ0) is 11.3. The number of benzene rings is 1. The number of hydrogen-bond acceptors (Lipinski definition) is 1. The summed E-state index contributed by atoms with van der Waals surface area (Å²) in [5.41, 5.74) is 3.78. The first-order chi connectivity index (χ1) is 7.19. The van der Waals surface area contributed by atoms with Crippen molar-refractivity contribution >= 4 is 11.9 Å². The highest BCUT2D eigenvalue weighted by molar-refractivity contribution is 5.67. The molecule has 0 spiro atoms. The van der Waals surface area contributed by atoms with Gasteiger partial charge in [-0.15, -0.1) is 0 Å². The second-order valence-electron chi connectivity index (χ2n) is 3.95. The van der Waals surface area contributed by atoms with Gasteiger partial charge >= 0.3 is 0 Å². The van der Waals surface area contributed by atoms with Gasteiger partial charge in [-0.25, -0.2) is 0 Å². The van der Waals surface area contributed by atoms with Gasteiger partial charge < -0.3 is 4.79 Å². The first-order valence-electron chi connectivity index (χ1n) is 5.35. The summed E-state index contributed by atoms with van der Waals surface area (Å²) in [5, 5.41) is 0. The average molecular weight is 202 g/mol.